The summed E-state index contributed by atoms with van der Waals surface area (Å²) in [4.78, 5) is 16.1. The van der Waals surface area contributed by atoms with Gasteiger partial charge in [-0.2, -0.15) is 0 Å². The first-order valence-electron chi connectivity index (χ1n) is 8.27. The van der Waals surface area contributed by atoms with Crippen molar-refractivity contribution in [1.82, 2.24) is 10.2 Å². The van der Waals surface area contributed by atoms with Crippen molar-refractivity contribution in [1.29, 1.82) is 0 Å². The van der Waals surface area contributed by atoms with E-state index in [1.807, 2.05) is 6.07 Å². The number of nitrogens with one attached hydrogen (secondary N) is 1. The molecule has 21 heavy (non-hydrogen) atoms. The molecule has 2 heterocycles. The SMILES string of the molecule is CCN1C[C@H]2CCC[C@@H](C1)C2CC(=O)NCc1cccs1. The molecule has 2 fully saturated rings. The molecule has 116 valence electrons. The zero-order valence-electron chi connectivity index (χ0n) is 12.9. The minimum atomic E-state index is 0.246. The number of thiophene rings is 1. The molecular weight excluding hydrogens is 280 g/mol. The summed E-state index contributed by atoms with van der Waals surface area (Å²) in [5, 5.41) is 5.17. The molecule has 2 bridgehead atoms. The van der Waals surface area contributed by atoms with Gasteiger partial charge in [-0.15, -0.1) is 11.3 Å². The summed E-state index contributed by atoms with van der Waals surface area (Å²) in [5.74, 6) is 2.34. The number of carbonyl (C=O) groups excluding carboxylic acids is 1. The van der Waals surface area contributed by atoms with Crippen molar-refractivity contribution < 1.29 is 4.79 Å². The van der Waals surface area contributed by atoms with Crippen LogP contribution in [0.25, 0.3) is 0 Å². The summed E-state index contributed by atoms with van der Waals surface area (Å²) in [7, 11) is 0. The van der Waals surface area contributed by atoms with Crippen LogP contribution in [0.1, 0.15) is 37.5 Å². The number of carbonyl (C=O) groups is 1. The highest BCUT2D eigenvalue weighted by atomic mass is 32.1. The van der Waals surface area contributed by atoms with Crippen molar-refractivity contribution in [2.24, 2.45) is 17.8 Å². The van der Waals surface area contributed by atoms with E-state index in [1.54, 1.807) is 11.3 Å². The zero-order valence-corrected chi connectivity index (χ0v) is 13.7. The summed E-state index contributed by atoms with van der Waals surface area (Å²) in [6, 6.07) is 4.12. The first-order chi connectivity index (χ1) is 10.3. The highest BCUT2D eigenvalue weighted by Crippen LogP contribution is 2.41. The van der Waals surface area contributed by atoms with E-state index >= 15 is 0 Å². The topological polar surface area (TPSA) is 32.3 Å². The second kappa shape index (κ2) is 6.93. The Hall–Kier alpha value is -0.870. The highest BCUT2D eigenvalue weighted by Gasteiger charge is 2.39. The fourth-order valence-corrected chi connectivity index (χ4v) is 4.77. The van der Waals surface area contributed by atoms with E-state index in [0.717, 1.165) is 24.8 Å². The van der Waals surface area contributed by atoms with Crippen LogP contribution >= 0.6 is 11.3 Å². The van der Waals surface area contributed by atoms with E-state index in [0.29, 0.717) is 12.5 Å². The lowest BCUT2D eigenvalue weighted by atomic mass is 9.67. The second-order valence-corrected chi connectivity index (χ2v) is 7.56. The molecule has 3 rings (SSSR count). The summed E-state index contributed by atoms with van der Waals surface area (Å²) < 4.78 is 0. The highest BCUT2D eigenvalue weighted by molar-refractivity contribution is 7.09. The van der Waals surface area contributed by atoms with Crippen LogP contribution in [0.3, 0.4) is 0 Å². The Morgan fingerprint density at radius 1 is 1.38 bits per heavy atom. The van der Waals surface area contributed by atoms with Gasteiger partial charge in [0.25, 0.3) is 0 Å². The van der Waals surface area contributed by atoms with Crippen LogP contribution in [0, 0.1) is 17.8 Å². The van der Waals surface area contributed by atoms with Crippen LogP contribution in [-0.2, 0) is 11.3 Å². The fourth-order valence-electron chi connectivity index (χ4n) is 4.12. The lowest BCUT2D eigenvalue weighted by Gasteiger charge is -2.47. The molecule has 3 atom stereocenters. The van der Waals surface area contributed by atoms with E-state index in [2.05, 4.69) is 28.6 Å². The average Bonchev–Trinajstić information content (AvgIpc) is 2.98. The van der Waals surface area contributed by atoms with Gasteiger partial charge in [-0.1, -0.05) is 19.4 Å². The number of hydrogen-bond donors (Lipinski definition) is 1. The minimum absolute atomic E-state index is 0.246. The Balaban J connectivity index is 1.53. The molecule has 1 unspecified atom stereocenters. The first kappa shape index (κ1) is 15.0. The van der Waals surface area contributed by atoms with Crippen LogP contribution in [-0.4, -0.2) is 30.4 Å². The third kappa shape index (κ3) is 3.67. The van der Waals surface area contributed by atoms with E-state index < -0.39 is 0 Å². The van der Waals surface area contributed by atoms with Crippen molar-refractivity contribution in [3.8, 4) is 0 Å². The van der Waals surface area contributed by atoms with Gasteiger partial charge in [0.15, 0.2) is 0 Å². The number of fused-ring (bicyclic) bond motifs is 2. The van der Waals surface area contributed by atoms with Gasteiger partial charge in [0.05, 0.1) is 6.54 Å². The molecule has 1 N–H and O–H groups in total. The number of piperidine rings is 1. The number of likely N-dealkylation sites (tertiary alicyclic amines) is 1. The van der Waals surface area contributed by atoms with Crippen LogP contribution in [0.5, 0.6) is 0 Å². The third-order valence-corrected chi connectivity index (χ3v) is 6.13. The van der Waals surface area contributed by atoms with Crippen molar-refractivity contribution in [3.63, 3.8) is 0 Å². The van der Waals surface area contributed by atoms with E-state index in [-0.39, 0.29) is 5.91 Å². The van der Waals surface area contributed by atoms with Crippen LogP contribution in [0.15, 0.2) is 17.5 Å². The van der Waals surface area contributed by atoms with E-state index in [4.69, 9.17) is 0 Å². The maximum Gasteiger partial charge on any atom is 0.220 e. The molecular formula is C17H26N2OS. The Morgan fingerprint density at radius 3 is 2.76 bits per heavy atom. The van der Waals surface area contributed by atoms with Crippen molar-refractivity contribution in [2.45, 2.75) is 39.2 Å². The largest absolute Gasteiger partial charge is 0.351 e. The van der Waals surface area contributed by atoms with Crippen molar-refractivity contribution in [2.75, 3.05) is 19.6 Å². The van der Waals surface area contributed by atoms with Crippen molar-refractivity contribution >= 4 is 17.2 Å². The molecule has 1 amide bonds. The fraction of sp³-hybridized carbons (Fsp3) is 0.706. The van der Waals surface area contributed by atoms with Gasteiger partial charge in [-0.05, 0) is 48.6 Å². The number of hydrogen-bond acceptors (Lipinski definition) is 3. The molecule has 1 saturated carbocycles. The van der Waals surface area contributed by atoms with Gasteiger partial charge >= 0.3 is 0 Å². The average molecular weight is 306 g/mol. The predicted molar refractivity (Wildman–Crippen MR) is 87.2 cm³/mol. The molecule has 1 saturated heterocycles. The first-order valence-corrected chi connectivity index (χ1v) is 9.15. The molecule has 1 aliphatic carbocycles. The molecule has 1 aromatic rings. The summed E-state index contributed by atoms with van der Waals surface area (Å²) in [5.41, 5.74) is 0. The van der Waals surface area contributed by atoms with Gasteiger partial charge < -0.3 is 10.2 Å². The zero-order chi connectivity index (χ0) is 14.7. The Bertz CT molecular complexity index is 445. The molecule has 0 aromatic carbocycles. The molecule has 1 aromatic heterocycles. The smallest absolute Gasteiger partial charge is 0.220 e. The summed E-state index contributed by atoms with van der Waals surface area (Å²) >= 11 is 1.71. The lowest BCUT2D eigenvalue weighted by Crippen LogP contribution is -2.49. The Kier molecular flexibility index (Phi) is 4.96. The third-order valence-electron chi connectivity index (χ3n) is 5.25. The molecule has 3 nitrogen and oxygen atoms in total. The van der Waals surface area contributed by atoms with Gasteiger partial charge in [-0.25, -0.2) is 0 Å². The van der Waals surface area contributed by atoms with Gasteiger partial charge in [0.1, 0.15) is 0 Å². The van der Waals surface area contributed by atoms with Crippen LogP contribution < -0.4 is 5.32 Å². The maximum atomic E-state index is 12.3. The normalized spacial score (nSPS) is 29.3. The molecule has 1 aliphatic heterocycles. The van der Waals surface area contributed by atoms with Crippen molar-refractivity contribution in [3.05, 3.63) is 22.4 Å². The van der Waals surface area contributed by atoms with Gasteiger partial charge in [0, 0.05) is 24.4 Å². The minimum Gasteiger partial charge on any atom is -0.351 e. The second-order valence-electron chi connectivity index (χ2n) is 6.53. The quantitative estimate of drug-likeness (QED) is 0.906. The predicted octanol–water partition coefficient (Wildman–Crippen LogP) is 3.12. The van der Waals surface area contributed by atoms with Crippen LogP contribution in [0.4, 0.5) is 0 Å². The number of nitrogens with zero attached hydrogens (tertiary/aromatic N) is 1. The molecule has 0 radical (unpaired) electrons. The van der Waals surface area contributed by atoms with E-state index in [9.17, 15) is 4.79 Å². The van der Waals surface area contributed by atoms with Crippen LogP contribution in [0.2, 0.25) is 0 Å². The van der Waals surface area contributed by atoms with E-state index in [1.165, 1.54) is 37.2 Å². The molecule has 0 spiro atoms. The van der Waals surface area contributed by atoms with Gasteiger partial charge in [0.2, 0.25) is 5.91 Å². The monoisotopic (exact) mass is 306 g/mol. The van der Waals surface area contributed by atoms with Gasteiger partial charge in [-0.3, -0.25) is 4.79 Å². The Morgan fingerprint density at radius 2 is 2.14 bits per heavy atom. The number of rotatable bonds is 5. The standard InChI is InChI=1S/C17H26N2OS/c1-2-19-11-13-5-3-6-14(12-19)16(13)9-17(20)18-10-15-7-4-8-21-15/h4,7-8,13-14,16H,2-3,5-6,9-12H2,1H3,(H,18,20)/t13-,14+,16?. The molecule has 2 aliphatic rings. The Labute approximate surface area is 131 Å². The lowest BCUT2D eigenvalue weighted by molar-refractivity contribution is -0.124. The number of amides is 1. The summed E-state index contributed by atoms with van der Waals surface area (Å²) in [6.45, 7) is 6.51. The maximum absolute atomic E-state index is 12.3. The summed E-state index contributed by atoms with van der Waals surface area (Å²) in [6.07, 6.45) is 4.73. The molecule has 4 heteroatoms.